The van der Waals surface area contributed by atoms with Gasteiger partial charge in [-0.15, -0.1) is 0 Å². The number of H-pyrrole nitrogens is 4. The minimum absolute atomic E-state index is 0. The number of nitrogens with one attached hydrogen (secondary N) is 4. The number of hydrogen-bond donors (Lipinski definition) is 6. The van der Waals surface area contributed by atoms with Crippen LogP contribution in [0, 0.1) is 0 Å². The number of nitrogens with two attached hydrogens (primary N) is 2. The average Bonchev–Trinajstić information content (AvgIpc) is 3.00. The van der Waals surface area contributed by atoms with Crippen molar-refractivity contribution in [2.75, 3.05) is 5.73 Å². The summed E-state index contributed by atoms with van der Waals surface area (Å²) < 4.78 is 9.51. The Bertz CT molecular complexity index is 1780. The van der Waals surface area contributed by atoms with Crippen LogP contribution in [0.25, 0.3) is 21.8 Å². The Morgan fingerprint density at radius 1 is 0.583 bits per heavy atom. The maximum atomic E-state index is 11.1. The number of hydrogen-bond acceptors (Lipinski definition) is 7. The molecule has 5 aromatic rings. The number of carbonyl (C=O) groups excluding carboxylic acids is 1. The first-order chi connectivity index (χ1) is 21.3. The van der Waals surface area contributed by atoms with Gasteiger partial charge in [-0.1, -0.05) is 100 Å². The first kappa shape index (κ1) is 53.4. The highest BCUT2D eigenvalue weighted by Crippen LogP contribution is 2.61. The van der Waals surface area contributed by atoms with Crippen LogP contribution in [0.5, 0.6) is 0 Å². The van der Waals surface area contributed by atoms with Gasteiger partial charge in [-0.3, -0.25) is 28.9 Å². The van der Waals surface area contributed by atoms with Crippen molar-refractivity contribution in [2.45, 2.75) is 63.8 Å². The lowest BCUT2D eigenvalue weighted by Crippen LogP contribution is -2.21. The normalized spacial score (nSPS) is 8.69. The molecule has 0 fully saturated rings. The number of para-hydroxylation sites is 3. The van der Waals surface area contributed by atoms with E-state index in [4.69, 9.17) is 11.5 Å². The molecule has 16 heteroatoms. The second-order valence-electron chi connectivity index (χ2n) is 7.26. The molecule has 0 saturated heterocycles. The van der Waals surface area contributed by atoms with Crippen LogP contribution in [0.2, 0.25) is 0 Å². The Hall–Kier alpha value is -4.09. The predicted molar refractivity (Wildman–Crippen MR) is 209 cm³/mol. The molecule has 3 aromatic carbocycles. The smallest absolute Gasteiger partial charge is 0.339 e. The first-order valence-electron chi connectivity index (χ1n) is 13.5. The molecule has 2 aromatic heterocycles. The fourth-order valence-electron chi connectivity index (χ4n) is 2.95. The summed E-state index contributed by atoms with van der Waals surface area (Å²) >= 11 is 13.8. The van der Waals surface area contributed by atoms with Crippen LogP contribution in [0.15, 0.2) is 92.0 Å². The summed E-state index contributed by atoms with van der Waals surface area (Å²) in [6.45, 7) is 12.0. The number of anilines is 1. The maximum Gasteiger partial charge on any atom is 0.339 e. The molecular weight excluding hydrogens is 702 g/mol. The van der Waals surface area contributed by atoms with Gasteiger partial charge in [-0.25, -0.2) is 9.59 Å². The second-order valence-corrected chi connectivity index (χ2v) is 13.9. The number of fused-ring (bicyclic) bond motifs is 2. The van der Waals surface area contributed by atoms with Gasteiger partial charge < -0.3 is 21.4 Å². The zero-order valence-corrected chi connectivity index (χ0v) is 28.8. The summed E-state index contributed by atoms with van der Waals surface area (Å²) in [6, 6.07) is 20.4. The van der Waals surface area contributed by atoms with E-state index >= 15 is 0 Å². The number of benzene rings is 3. The fraction of sp³-hybridized carbons (Fsp3) is 0.281. The van der Waals surface area contributed by atoms with E-state index in [1.165, 1.54) is 0 Å². The van der Waals surface area contributed by atoms with Gasteiger partial charge in [0, 0.05) is 5.69 Å². The Labute approximate surface area is 296 Å². The zero-order chi connectivity index (χ0) is 35.2. The molecule has 0 spiro atoms. The summed E-state index contributed by atoms with van der Waals surface area (Å²) in [6.07, 6.45) is 0. The number of carbonyl (C=O) groups is 1. The Balaban J connectivity index is -0.000000164. The van der Waals surface area contributed by atoms with Crippen LogP contribution in [-0.4, -0.2) is 25.8 Å². The molecule has 0 aliphatic carbocycles. The third-order valence-corrected chi connectivity index (χ3v) is 4.52. The number of aromatic amines is 4. The third-order valence-electron chi connectivity index (χ3n) is 4.52. The van der Waals surface area contributed by atoms with Gasteiger partial charge in [0.2, 0.25) is 0 Å². The summed E-state index contributed by atoms with van der Waals surface area (Å²) in [5.74, 6) is -0.488. The predicted octanol–water partition coefficient (Wildman–Crippen LogP) is 8.60. The van der Waals surface area contributed by atoms with E-state index in [-0.39, 0.29) is 33.4 Å². The van der Waals surface area contributed by atoms with Crippen molar-refractivity contribution in [1.29, 1.82) is 0 Å². The minimum atomic E-state index is -3.22. The molecule has 8 N–H and O–H groups in total. The molecular formula is C32H50Cl3N6O6P. The minimum Gasteiger partial charge on any atom is -0.398 e. The van der Waals surface area contributed by atoms with Gasteiger partial charge in [0.05, 0.1) is 27.4 Å². The van der Waals surface area contributed by atoms with E-state index < -0.39 is 22.5 Å². The van der Waals surface area contributed by atoms with Crippen LogP contribution in [0.4, 0.5) is 5.69 Å². The molecule has 0 saturated carbocycles. The summed E-state index contributed by atoms with van der Waals surface area (Å²) in [4.78, 5) is 63.7. The maximum absolute atomic E-state index is 11.1. The highest BCUT2D eigenvalue weighted by molar-refractivity contribution is 8.24. The number of aromatic nitrogens is 4. The van der Waals surface area contributed by atoms with Gasteiger partial charge in [0.25, 0.3) is 17.0 Å². The van der Waals surface area contributed by atoms with E-state index in [2.05, 4.69) is 53.7 Å². The lowest BCUT2D eigenvalue weighted by molar-refractivity contribution is 0.100. The highest BCUT2D eigenvalue weighted by atomic mass is 36.0. The topological polar surface area (TPSA) is 218 Å². The molecule has 0 aliphatic heterocycles. The quantitative estimate of drug-likeness (QED) is 0.0723. The van der Waals surface area contributed by atoms with Crippen LogP contribution >= 0.6 is 38.9 Å². The largest absolute Gasteiger partial charge is 0.398 e. The summed E-state index contributed by atoms with van der Waals surface area (Å²) in [5, 5.41) is -2.23. The third kappa shape index (κ3) is 21.7. The molecule has 48 heavy (non-hydrogen) atoms. The SMILES string of the molecule is C.C.C.CC.CC.CC.NC(=O)c1ccccc1N.O=P(Cl)(Cl)Cl.O=c1[nH]c(=O)c2ccccc2[nH]1.O=c1[nH]c(=O)c2ccccc2[nH]1. The number of primary amides is 1. The van der Waals surface area contributed by atoms with E-state index in [1.807, 2.05) is 41.5 Å². The second kappa shape index (κ2) is 29.1. The fourth-order valence-corrected chi connectivity index (χ4v) is 2.95. The van der Waals surface area contributed by atoms with Crippen molar-refractivity contribution in [3.63, 3.8) is 0 Å². The lowest BCUT2D eigenvalue weighted by Gasteiger charge is -1.97. The van der Waals surface area contributed by atoms with Gasteiger partial charge >= 0.3 is 16.6 Å². The van der Waals surface area contributed by atoms with Gasteiger partial charge in [-0.2, -0.15) is 0 Å². The van der Waals surface area contributed by atoms with Crippen molar-refractivity contribution in [2.24, 2.45) is 5.73 Å². The summed E-state index contributed by atoms with van der Waals surface area (Å²) in [7, 11) is 0. The molecule has 0 aliphatic rings. The summed E-state index contributed by atoms with van der Waals surface area (Å²) in [5.41, 5.74) is 10.7. The van der Waals surface area contributed by atoms with Crippen LogP contribution in [0.1, 0.15) is 74.2 Å². The van der Waals surface area contributed by atoms with Crippen LogP contribution < -0.4 is 34.0 Å². The zero-order valence-electron chi connectivity index (χ0n) is 25.6. The Morgan fingerprint density at radius 2 is 0.875 bits per heavy atom. The van der Waals surface area contributed by atoms with Crippen molar-refractivity contribution in [3.05, 3.63) is 120 Å². The number of nitrogen functional groups attached to an aromatic ring is 1. The van der Waals surface area contributed by atoms with E-state index in [9.17, 15) is 28.5 Å². The molecule has 12 nitrogen and oxygen atoms in total. The monoisotopic (exact) mass is 750 g/mol. The van der Waals surface area contributed by atoms with Crippen molar-refractivity contribution >= 4 is 72.3 Å². The van der Waals surface area contributed by atoms with E-state index in [0.29, 0.717) is 33.1 Å². The molecule has 5 rings (SSSR count). The number of amides is 1. The lowest BCUT2D eigenvalue weighted by atomic mass is 10.2. The molecule has 0 bridgehead atoms. The standard InChI is InChI=1S/2C8H6N2O2.C7H8N2O.3C2H6.3CH4.Cl3OP/c2*11-7-5-3-1-2-4-6(5)9-8(12)10-7;8-6-4-2-1-3-5(6)7(9)10;3*1-2;;;;1-5(2,3)4/h2*1-4H,(H2,9,10,11,12);1-4H,8H2,(H2,9,10);3*1-2H3;3*1H4;. The van der Waals surface area contributed by atoms with Crippen LogP contribution in [-0.2, 0) is 4.57 Å². The molecule has 0 atom stereocenters. The van der Waals surface area contributed by atoms with Crippen molar-refractivity contribution < 1.29 is 9.36 Å². The highest BCUT2D eigenvalue weighted by Gasteiger charge is 2.03. The first-order valence-corrected chi connectivity index (χ1v) is 17.9. The Kier molecular flexibility index (Phi) is 32.4. The van der Waals surface area contributed by atoms with E-state index in [1.54, 1.807) is 72.8 Å². The van der Waals surface area contributed by atoms with Crippen molar-refractivity contribution in [3.8, 4) is 0 Å². The van der Waals surface area contributed by atoms with Gasteiger partial charge in [0.15, 0.2) is 0 Å². The van der Waals surface area contributed by atoms with Crippen LogP contribution in [0.3, 0.4) is 0 Å². The number of halogens is 3. The molecule has 0 unspecified atom stereocenters. The molecule has 1 amide bonds. The molecule has 0 radical (unpaired) electrons. The average molecular weight is 752 g/mol. The van der Waals surface area contributed by atoms with E-state index in [0.717, 1.165) is 0 Å². The molecule has 270 valence electrons. The van der Waals surface area contributed by atoms with Crippen molar-refractivity contribution in [1.82, 2.24) is 19.9 Å². The number of rotatable bonds is 1. The van der Waals surface area contributed by atoms with Gasteiger partial charge in [0.1, 0.15) is 0 Å². The van der Waals surface area contributed by atoms with Gasteiger partial charge in [-0.05, 0) is 70.1 Å². The Morgan fingerprint density at radius 3 is 1.17 bits per heavy atom. The molecule has 2 heterocycles.